The Labute approximate surface area is 165 Å². The number of aliphatic imine (C=N–C) groups is 1. The second kappa shape index (κ2) is 8.56. The van der Waals surface area contributed by atoms with Gasteiger partial charge in [0, 0.05) is 16.7 Å². The van der Waals surface area contributed by atoms with E-state index < -0.39 is 0 Å². The Morgan fingerprint density at radius 3 is 1.81 bits per heavy atom. The van der Waals surface area contributed by atoms with Gasteiger partial charge in [0.1, 0.15) is 0 Å². The molecule has 0 atom stereocenters. The van der Waals surface area contributed by atoms with Gasteiger partial charge in [0.25, 0.3) is 0 Å². The maximum Gasteiger partial charge on any atom is 0.0726 e. The fraction of sp³-hybridized carbons (Fsp3) is 0.400. The third kappa shape index (κ3) is 5.32. The van der Waals surface area contributed by atoms with Gasteiger partial charge in [-0.25, -0.2) is 4.99 Å². The monoisotopic (exact) mass is 362 g/mol. The van der Waals surface area contributed by atoms with Gasteiger partial charge in [0.2, 0.25) is 0 Å². The van der Waals surface area contributed by atoms with E-state index in [2.05, 4.69) is 78.8 Å². The highest BCUT2D eigenvalue weighted by Crippen LogP contribution is 2.35. The van der Waals surface area contributed by atoms with Gasteiger partial charge in [-0.05, 0) is 29.0 Å². The zero-order valence-corrected chi connectivity index (χ0v) is 17.9. The number of para-hydroxylation sites is 1. The standard InChI is InChI=1S/C25H34N2/c1-17(2)20-14-11-15-21(18(3)4)24(20)27-22(16-23(26)25(5,6)7)19-12-9-8-10-13-19/h8-18H,26H2,1-7H3/b23-16-,27-22?. The van der Waals surface area contributed by atoms with Crippen LogP contribution >= 0.6 is 0 Å². The smallest absolute Gasteiger partial charge is 0.0726 e. The maximum atomic E-state index is 6.42. The summed E-state index contributed by atoms with van der Waals surface area (Å²) in [6.45, 7) is 15.3. The molecule has 0 aliphatic rings. The Morgan fingerprint density at radius 1 is 0.852 bits per heavy atom. The number of rotatable bonds is 5. The Balaban J connectivity index is 2.76. The molecule has 0 bridgehead atoms. The van der Waals surface area contributed by atoms with Gasteiger partial charge in [0.15, 0.2) is 0 Å². The molecule has 0 spiro atoms. The quantitative estimate of drug-likeness (QED) is 0.575. The molecule has 0 aliphatic carbocycles. The first-order valence-corrected chi connectivity index (χ1v) is 9.85. The number of nitrogens with zero attached hydrogens (tertiary/aromatic N) is 1. The van der Waals surface area contributed by atoms with Crippen LogP contribution in [0.4, 0.5) is 5.69 Å². The number of allylic oxidation sites excluding steroid dienone is 2. The molecule has 2 aromatic carbocycles. The van der Waals surface area contributed by atoms with E-state index in [9.17, 15) is 0 Å². The molecule has 2 N–H and O–H groups in total. The minimum Gasteiger partial charge on any atom is -0.402 e. The zero-order chi connectivity index (χ0) is 20.2. The van der Waals surface area contributed by atoms with E-state index >= 15 is 0 Å². The molecule has 0 saturated heterocycles. The Bertz CT molecular complexity index is 793. The number of hydrogen-bond acceptors (Lipinski definition) is 2. The van der Waals surface area contributed by atoms with E-state index in [1.165, 1.54) is 11.1 Å². The van der Waals surface area contributed by atoms with Crippen LogP contribution < -0.4 is 5.73 Å². The number of hydrogen-bond donors (Lipinski definition) is 1. The highest BCUT2D eigenvalue weighted by Gasteiger charge is 2.17. The largest absolute Gasteiger partial charge is 0.402 e. The summed E-state index contributed by atoms with van der Waals surface area (Å²) in [5.41, 5.74) is 12.8. The van der Waals surface area contributed by atoms with Gasteiger partial charge >= 0.3 is 0 Å². The lowest BCUT2D eigenvalue weighted by atomic mass is 9.90. The SMILES string of the molecule is CC(C)c1cccc(C(C)C)c1N=C(/C=C(\N)C(C)(C)C)c1ccccc1. The summed E-state index contributed by atoms with van der Waals surface area (Å²) < 4.78 is 0. The fourth-order valence-electron chi connectivity index (χ4n) is 2.91. The summed E-state index contributed by atoms with van der Waals surface area (Å²) in [5.74, 6) is 0.812. The van der Waals surface area contributed by atoms with Gasteiger partial charge in [0.05, 0.1) is 11.4 Å². The molecule has 144 valence electrons. The van der Waals surface area contributed by atoms with Gasteiger partial charge in [-0.2, -0.15) is 0 Å². The third-order valence-corrected chi connectivity index (χ3v) is 4.80. The minimum absolute atomic E-state index is 0.103. The van der Waals surface area contributed by atoms with E-state index in [0.717, 1.165) is 22.7 Å². The maximum absolute atomic E-state index is 6.42. The third-order valence-electron chi connectivity index (χ3n) is 4.80. The normalized spacial score (nSPS) is 13.5. The van der Waals surface area contributed by atoms with Crippen molar-refractivity contribution in [1.29, 1.82) is 0 Å². The van der Waals surface area contributed by atoms with E-state index in [-0.39, 0.29) is 5.41 Å². The molecule has 0 saturated carbocycles. The molecule has 0 fully saturated rings. The van der Waals surface area contributed by atoms with Crippen LogP contribution in [0, 0.1) is 5.41 Å². The first-order chi connectivity index (χ1) is 12.6. The van der Waals surface area contributed by atoms with Crippen LogP contribution in [0.25, 0.3) is 0 Å². The summed E-state index contributed by atoms with van der Waals surface area (Å²) in [4.78, 5) is 5.18. The summed E-state index contributed by atoms with van der Waals surface area (Å²) >= 11 is 0. The van der Waals surface area contributed by atoms with Crippen LogP contribution in [0.1, 0.15) is 77.0 Å². The molecule has 0 aliphatic heterocycles. The highest BCUT2D eigenvalue weighted by atomic mass is 14.8. The molecule has 0 radical (unpaired) electrons. The molecule has 0 amide bonds. The van der Waals surface area contributed by atoms with Gasteiger partial charge in [-0.1, -0.05) is 97.0 Å². The lowest BCUT2D eigenvalue weighted by molar-refractivity contribution is 0.498. The molecule has 0 unspecified atom stereocenters. The van der Waals surface area contributed by atoms with Crippen LogP contribution in [0.5, 0.6) is 0 Å². The number of nitrogens with two attached hydrogens (primary N) is 1. The molecular formula is C25H34N2. The summed E-state index contributed by atoms with van der Waals surface area (Å²) in [6, 6.07) is 16.8. The topological polar surface area (TPSA) is 38.4 Å². The van der Waals surface area contributed by atoms with Gasteiger partial charge in [-0.15, -0.1) is 0 Å². The average Bonchev–Trinajstić information content (AvgIpc) is 2.60. The van der Waals surface area contributed by atoms with Gasteiger partial charge < -0.3 is 5.73 Å². The van der Waals surface area contributed by atoms with Crippen LogP contribution in [0.15, 0.2) is 65.3 Å². The lowest BCUT2D eigenvalue weighted by Crippen LogP contribution is -2.18. The Morgan fingerprint density at radius 2 is 1.37 bits per heavy atom. The summed E-state index contributed by atoms with van der Waals surface area (Å²) in [7, 11) is 0. The van der Waals surface area contributed by atoms with Crippen LogP contribution in [-0.2, 0) is 0 Å². The molecule has 0 heterocycles. The Hall–Kier alpha value is -2.35. The fourth-order valence-corrected chi connectivity index (χ4v) is 2.91. The predicted octanol–water partition coefficient (Wildman–Crippen LogP) is 6.94. The molecule has 2 nitrogen and oxygen atoms in total. The van der Waals surface area contributed by atoms with Crippen molar-refractivity contribution >= 4 is 11.4 Å². The van der Waals surface area contributed by atoms with Crippen LogP contribution in [-0.4, -0.2) is 5.71 Å². The summed E-state index contributed by atoms with van der Waals surface area (Å²) in [5, 5.41) is 0. The second-order valence-corrected chi connectivity index (χ2v) is 8.81. The molecule has 2 heteroatoms. The molecule has 0 aromatic heterocycles. The van der Waals surface area contributed by atoms with E-state index in [0.29, 0.717) is 11.8 Å². The van der Waals surface area contributed by atoms with Crippen molar-refractivity contribution in [2.45, 2.75) is 60.3 Å². The second-order valence-electron chi connectivity index (χ2n) is 8.81. The van der Waals surface area contributed by atoms with Gasteiger partial charge in [-0.3, -0.25) is 0 Å². The van der Waals surface area contributed by atoms with Crippen molar-refractivity contribution in [3.63, 3.8) is 0 Å². The minimum atomic E-state index is -0.103. The molecular weight excluding hydrogens is 328 g/mol. The first-order valence-electron chi connectivity index (χ1n) is 9.85. The lowest BCUT2D eigenvalue weighted by Gasteiger charge is -2.20. The number of benzene rings is 2. The van der Waals surface area contributed by atoms with E-state index in [1.54, 1.807) is 0 Å². The van der Waals surface area contributed by atoms with E-state index in [4.69, 9.17) is 10.7 Å². The van der Waals surface area contributed by atoms with Crippen LogP contribution in [0.3, 0.4) is 0 Å². The predicted molar refractivity (Wildman–Crippen MR) is 119 cm³/mol. The summed E-state index contributed by atoms with van der Waals surface area (Å²) in [6.07, 6.45) is 2.04. The van der Waals surface area contributed by atoms with Crippen LogP contribution in [0.2, 0.25) is 0 Å². The first kappa shape index (κ1) is 21.0. The van der Waals surface area contributed by atoms with Crippen molar-refractivity contribution in [1.82, 2.24) is 0 Å². The molecule has 27 heavy (non-hydrogen) atoms. The zero-order valence-electron chi connectivity index (χ0n) is 17.9. The van der Waals surface area contributed by atoms with E-state index in [1.807, 2.05) is 24.3 Å². The van der Waals surface area contributed by atoms with Crippen molar-refractivity contribution < 1.29 is 0 Å². The van der Waals surface area contributed by atoms with Crippen molar-refractivity contribution in [3.05, 3.63) is 77.0 Å². The highest BCUT2D eigenvalue weighted by molar-refractivity contribution is 6.10. The molecule has 2 rings (SSSR count). The van der Waals surface area contributed by atoms with Crippen molar-refractivity contribution in [3.8, 4) is 0 Å². The Kier molecular flexibility index (Phi) is 6.64. The molecule has 2 aromatic rings. The average molecular weight is 363 g/mol. The van der Waals surface area contributed by atoms with Crippen molar-refractivity contribution in [2.24, 2.45) is 16.1 Å². The van der Waals surface area contributed by atoms with Crippen molar-refractivity contribution in [2.75, 3.05) is 0 Å².